The molecule has 4 heteroatoms. The standard InChI is InChI=1S/C15H22N2O2/c1-2-5-13-6-8-14(9-7-13)19-12-16-15(18)17-10-3-4-11-17/h6-9H,2-5,10-12H2,1H3,(H,16,18). The zero-order valence-electron chi connectivity index (χ0n) is 11.5. The van der Waals surface area contributed by atoms with E-state index >= 15 is 0 Å². The van der Waals surface area contributed by atoms with Crippen LogP contribution in [-0.2, 0) is 6.42 Å². The van der Waals surface area contributed by atoms with Gasteiger partial charge < -0.3 is 15.0 Å². The minimum Gasteiger partial charge on any atom is -0.473 e. The van der Waals surface area contributed by atoms with E-state index in [1.165, 1.54) is 5.56 Å². The van der Waals surface area contributed by atoms with E-state index in [0.29, 0.717) is 0 Å². The number of urea groups is 1. The van der Waals surface area contributed by atoms with E-state index in [2.05, 4.69) is 24.4 Å². The van der Waals surface area contributed by atoms with Crippen molar-refractivity contribution in [3.05, 3.63) is 29.8 Å². The first-order valence-corrected chi connectivity index (χ1v) is 7.04. The number of benzene rings is 1. The molecule has 1 saturated heterocycles. The molecular weight excluding hydrogens is 240 g/mol. The first kappa shape index (κ1) is 13.7. The Balaban J connectivity index is 1.71. The second-order valence-corrected chi connectivity index (χ2v) is 4.86. The van der Waals surface area contributed by atoms with Gasteiger partial charge in [-0.3, -0.25) is 0 Å². The minimum atomic E-state index is -0.0277. The Labute approximate surface area is 114 Å². The van der Waals surface area contributed by atoms with Crippen molar-refractivity contribution in [2.45, 2.75) is 32.6 Å². The van der Waals surface area contributed by atoms with Gasteiger partial charge in [0.2, 0.25) is 0 Å². The first-order valence-electron chi connectivity index (χ1n) is 7.04. The van der Waals surface area contributed by atoms with Crippen molar-refractivity contribution in [1.82, 2.24) is 10.2 Å². The molecule has 0 atom stereocenters. The van der Waals surface area contributed by atoms with Gasteiger partial charge in [-0.25, -0.2) is 4.79 Å². The molecule has 1 fully saturated rings. The number of rotatable bonds is 5. The lowest BCUT2D eigenvalue weighted by Gasteiger charge is -2.16. The van der Waals surface area contributed by atoms with Crippen molar-refractivity contribution >= 4 is 6.03 Å². The average molecular weight is 262 g/mol. The maximum Gasteiger partial charge on any atom is 0.320 e. The monoisotopic (exact) mass is 262 g/mol. The van der Waals surface area contributed by atoms with Crippen LogP contribution in [0.3, 0.4) is 0 Å². The topological polar surface area (TPSA) is 41.6 Å². The Morgan fingerprint density at radius 2 is 1.95 bits per heavy atom. The molecule has 0 unspecified atom stereocenters. The Bertz CT molecular complexity index is 397. The lowest BCUT2D eigenvalue weighted by molar-refractivity contribution is 0.194. The van der Waals surface area contributed by atoms with Crippen molar-refractivity contribution in [2.75, 3.05) is 19.8 Å². The molecule has 1 aromatic rings. The lowest BCUT2D eigenvalue weighted by atomic mass is 10.1. The van der Waals surface area contributed by atoms with E-state index < -0.39 is 0 Å². The number of hydrogen-bond acceptors (Lipinski definition) is 2. The summed E-state index contributed by atoms with van der Waals surface area (Å²) >= 11 is 0. The van der Waals surface area contributed by atoms with Crippen molar-refractivity contribution in [3.63, 3.8) is 0 Å². The largest absolute Gasteiger partial charge is 0.473 e. The van der Waals surface area contributed by atoms with Crippen LogP contribution in [0.1, 0.15) is 31.7 Å². The molecule has 2 rings (SSSR count). The SMILES string of the molecule is CCCc1ccc(OCNC(=O)N2CCCC2)cc1. The van der Waals surface area contributed by atoms with Gasteiger partial charge in [0.1, 0.15) is 5.75 Å². The summed E-state index contributed by atoms with van der Waals surface area (Å²) in [6, 6.07) is 8.02. The zero-order chi connectivity index (χ0) is 13.5. The van der Waals surface area contributed by atoms with Gasteiger partial charge >= 0.3 is 6.03 Å². The molecule has 0 aromatic heterocycles. The van der Waals surface area contributed by atoms with Crippen molar-refractivity contribution in [2.24, 2.45) is 0 Å². The number of carbonyl (C=O) groups excluding carboxylic acids is 1. The summed E-state index contributed by atoms with van der Waals surface area (Å²) < 4.78 is 5.51. The van der Waals surface area contributed by atoms with E-state index in [9.17, 15) is 4.79 Å². The molecule has 1 aliphatic heterocycles. The maximum atomic E-state index is 11.7. The molecule has 1 aromatic carbocycles. The second kappa shape index (κ2) is 7.02. The van der Waals surface area contributed by atoms with E-state index in [4.69, 9.17) is 4.74 Å². The van der Waals surface area contributed by atoms with Crippen LogP contribution in [0.5, 0.6) is 5.75 Å². The van der Waals surface area contributed by atoms with Gasteiger partial charge in [0.05, 0.1) is 0 Å². The van der Waals surface area contributed by atoms with Crippen molar-refractivity contribution < 1.29 is 9.53 Å². The summed E-state index contributed by atoms with van der Waals surface area (Å²) in [7, 11) is 0. The molecular formula is C15H22N2O2. The smallest absolute Gasteiger partial charge is 0.320 e. The predicted octanol–water partition coefficient (Wildman–Crippen LogP) is 2.78. The number of nitrogens with zero attached hydrogens (tertiary/aromatic N) is 1. The Morgan fingerprint density at radius 3 is 2.58 bits per heavy atom. The fraction of sp³-hybridized carbons (Fsp3) is 0.533. The molecule has 0 aliphatic carbocycles. The molecule has 2 amide bonds. The van der Waals surface area contributed by atoms with E-state index in [1.54, 1.807) is 0 Å². The number of ether oxygens (including phenoxy) is 1. The summed E-state index contributed by atoms with van der Waals surface area (Å²) in [6.07, 6.45) is 4.44. The van der Waals surface area contributed by atoms with Crippen LogP contribution in [0, 0.1) is 0 Å². The van der Waals surface area contributed by atoms with Gasteiger partial charge in [0, 0.05) is 13.1 Å². The highest BCUT2D eigenvalue weighted by Crippen LogP contribution is 2.13. The molecule has 0 saturated carbocycles. The number of amides is 2. The third-order valence-corrected chi connectivity index (χ3v) is 3.32. The fourth-order valence-electron chi connectivity index (χ4n) is 2.25. The minimum absolute atomic E-state index is 0.0277. The average Bonchev–Trinajstić information content (AvgIpc) is 2.95. The summed E-state index contributed by atoms with van der Waals surface area (Å²) in [5, 5.41) is 2.78. The number of carbonyl (C=O) groups is 1. The summed E-state index contributed by atoms with van der Waals surface area (Å²) in [4.78, 5) is 13.5. The molecule has 1 N–H and O–H groups in total. The second-order valence-electron chi connectivity index (χ2n) is 4.86. The number of aryl methyl sites for hydroxylation is 1. The van der Waals surface area contributed by atoms with Crippen LogP contribution in [-0.4, -0.2) is 30.8 Å². The first-order chi connectivity index (χ1) is 9.29. The number of hydrogen-bond donors (Lipinski definition) is 1. The highest BCUT2D eigenvalue weighted by molar-refractivity contribution is 5.74. The van der Waals surface area contributed by atoms with E-state index in [0.717, 1.165) is 44.5 Å². The van der Waals surface area contributed by atoms with Gasteiger partial charge in [-0.05, 0) is 37.0 Å². The molecule has 1 heterocycles. The normalized spacial score (nSPS) is 14.5. The fourth-order valence-corrected chi connectivity index (χ4v) is 2.25. The third kappa shape index (κ3) is 4.16. The van der Waals surface area contributed by atoms with Gasteiger partial charge in [-0.2, -0.15) is 0 Å². The van der Waals surface area contributed by atoms with Crippen LogP contribution in [0.2, 0.25) is 0 Å². The molecule has 0 bridgehead atoms. The highest BCUT2D eigenvalue weighted by Gasteiger charge is 2.16. The predicted molar refractivity (Wildman–Crippen MR) is 75.3 cm³/mol. The van der Waals surface area contributed by atoms with Crippen LogP contribution in [0.25, 0.3) is 0 Å². The molecule has 4 nitrogen and oxygen atoms in total. The summed E-state index contributed by atoms with van der Waals surface area (Å²) in [6.45, 7) is 4.11. The van der Waals surface area contributed by atoms with E-state index in [-0.39, 0.29) is 12.8 Å². The molecule has 0 radical (unpaired) electrons. The summed E-state index contributed by atoms with van der Waals surface area (Å²) in [5.74, 6) is 0.793. The van der Waals surface area contributed by atoms with Crippen molar-refractivity contribution in [1.29, 1.82) is 0 Å². The van der Waals surface area contributed by atoms with Gasteiger partial charge in [0.25, 0.3) is 0 Å². The van der Waals surface area contributed by atoms with Crippen LogP contribution >= 0.6 is 0 Å². The highest BCUT2D eigenvalue weighted by atomic mass is 16.5. The van der Waals surface area contributed by atoms with Crippen molar-refractivity contribution in [3.8, 4) is 5.75 Å². The lowest BCUT2D eigenvalue weighted by Crippen LogP contribution is -2.39. The zero-order valence-corrected chi connectivity index (χ0v) is 11.5. The van der Waals surface area contributed by atoms with Gasteiger partial charge in [0.15, 0.2) is 6.73 Å². The number of nitrogens with one attached hydrogen (secondary N) is 1. The quantitative estimate of drug-likeness (QED) is 0.829. The van der Waals surface area contributed by atoms with Gasteiger partial charge in [-0.1, -0.05) is 25.5 Å². The van der Waals surface area contributed by atoms with Gasteiger partial charge in [-0.15, -0.1) is 0 Å². The maximum absolute atomic E-state index is 11.7. The van der Waals surface area contributed by atoms with Crippen LogP contribution < -0.4 is 10.1 Å². The number of likely N-dealkylation sites (tertiary alicyclic amines) is 1. The Kier molecular flexibility index (Phi) is 5.07. The molecule has 19 heavy (non-hydrogen) atoms. The molecule has 0 spiro atoms. The Hall–Kier alpha value is -1.71. The summed E-state index contributed by atoms with van der Waals surface area (Å²) in [5.41, 5.74) is 1.32. The molecule has 104 valence electrons. The van der Waals surface area contributed by atoms with Crippen LogP contribution in [0.4, 0.5) is 4.79 Å². The van der Waals surface area contributed by atoms with Crippen LogP contribution in [0.15, 0.2) is 24.3 Å². The third-order valence-electron chi connectivity index (χ3n) is 3.32. The Morgan fingerprint density at radius 1 is 1.26 bits per heavy atom. The molecule has 1 aliphatic rings. The van der Waals surface area contributed by atoms with E-state index in [1.807, 2.05) is 17.0 Å².